The number of hydrogen-bond donors (Lipinski definition) is 1. The number of sulfonamides is 1. The van der Waals surface area contributed by atoms with E-state index in [1.54, 1.807) is 0 Å². The number of hydrogen-bond acceptors (Lipinski definition) is 3. The molecule has 17 heavy (non-hydrogen) atoms. The molecular weight excluding hydrogens is 262 g/mol. The lowest BCUT2D eigenvalue weighted by molar-refractivity contribution is 0.127. The van der Waals surface area contributed by atoms with E-state index in [9.17, 15) is 8.42 Å². The zero-order valence-electron chi connectivity index (χ0n) is 9.95. The fourth-order valence-electron chi connectivity index (χ4n) is 2.71. The number of nitrogens with one attached hydrogen (secondary N) is 1. The lowest BCUT2D eigenvalue weighted by Gasteiger charge is -2.28. The molecule has 0 aromatic heterocycles. The van der Waals surface area contributed by atoms with Gasteiger partial charge >= 0.3 is 0 Å². The molecule has 2 rings (SSSR count). The molecule has 2 fully saturated rings. The summed E-state index contributed by atoms with van der Waals surface area (Å²) >= 11 is 5.93. The average Bonchev–Trinajstić information content (AvgIpc) is 2.89. The highest BCUT2D eigenvalue weighted by atomic mass is 35.5. The number of ether oxygens (including phenoxy) is 1. The summed E-state index contributed by atoms with van der Waals surface area (Å²) in [7, 11) is -3.28. The molecule has 2 aliphatic rings. The van der Waals surface area contributed by atoms with Gasteiger partial charge in [0.05, 0.1) is 11.9 Å². The standard InChI is InChI=1S/C11H20ClNO3S/c12-9-11(5-1-2-6-11)13-17(14,15)8-10-4-3-7-16-10/h10,13H,1-9H2. The third-order valence-corrected chi connectivity index (χ3v) is 5.68. The topological polar surface area (TPSA) is 55.4 Å². The second kappa shape index (κ2) is 5.43. The van der Waals surface area contributed by atoms with Gasteiger partial charge in [-0.05, 0) is 25.7 Å². The van der Waals surface area contributed by atoms with Gasteiger partial charge in [0.1, 0.15) is 0 Å². The molecule has 0 radical (unpaired) electrons. The molecule has 0 amide bonds. The summed E-state index contributed by atoms with van der Waals surface area (Å²) in [4.78, 5) is 0. The second-order valence-electron chi connectivity index (χ2n) is 5.14. The lowest BCUT2D eigenvalue weighted by atomic mass is 10.0. The van der Waals surface area contributed by atoms with Crippen LogP contribution in [-0.4, -0.2) is 38.3 Å². The van der Waals surface area contributed by atoms with E-state index in [2.05, 4.69) is 4.72 Å². The van der Waals surface area contributed by atoms with Crippen LogP contribution in [0.1, 0.15) is 38.5 Å². The van der Waals surface area contributed by atoms with Gasteiger partial charge in [-0.3, -0.25) is 0 Å². The Kier molecular flexibility index (Phi) is 4.34. The smallest absolute Gasteiger partial charge is 0.214 e. The molecule has 1 unspecified atom stereocenters. The van der Waals surface area contributed by atoms with Crippen molar-refractivity contribution < 1.29 is 13.2 Å². The Labute approximate surface area is 108 Å². The van der Waals surface area contributed by atoms with Crippen molar-refractivity contribution in [3.05, 3.63) is 0 Å². The summed E-state index contributed by atoms with van der Waals surface area (Å²) in [6, 6.07) is 0. The zero-order valence-corrected chi connectivity index (χ0v) is 11.5. The molecule has 0 spiro atoms. The average molecular weight is 282 g/mol. The maximum atomic E-state index is 12.1. The summed E-state index contributed by atoms with van der Waals surface area (Å²) in [5, 5.41) is 0. The van der Waals surface area contributed by atoms with Crippen molar-refractivity contribution in [2.24, 2.45) is 0 Å². The van der Waals surface area contributed by atoms with Gasteiger partial charge < -0.3 is 4.74 Å². The van der Waals surface area contributed by atoms with Crippen LogP contribution in [0, 0.1) is 0 Å². The highest BCUT2D eigenvalue weighted by molar-refractivity contribution is 7.89. The highest BCUT2D eigenvalue weighted by Crippen LogP contribution is 2.31. The van der Waals surface area contributed by atoms with Gasteiger partial charge in [-0.2, -0.15) is 0 Å². The Balaban J connectivity index is 1.95. The number of alkyl halides is 1. The minimum atomic E-state index is -3.28. The predicted octanol–water partition coefficient (Wildman–Crippen LogP) is 1.64. The van der Waals surface area contributed by atoms with Gasteiger partial charge in [-0.1, -0.05) is 12.8 Å². The third kappa shape index (κ3) is 3.56. The van der Waals surface area contributed by atoms with E-state index < -0.39 is 15.6 Å². The maximum Gasteiger partial charge on any atom is 0.214 e. The Morgan fingerprint density at radius 1 is 1.29 bits per heavy atom. The lowest BCUT2D eigenvalue weighted by Crippen LogP contribution is -2.49. The highest BCUT2D eigenvalue weighted by Gasteiger charge is 2.37. The third-order valence-electron chi connectivity index (χ3n) is 3.62. The Morgan fingerprint density at radius 3 is 2.53 bits per heavy atom. The van der Waals surface area contributed by atoms with E-state index >= 15 is 0 Å². The van der Waals surface area contributed by atoms with Gasteiger partial charge in [0.25, 0.3) is 0 Å². The van der Waals surface area contributed by atoms with Gasteiger partial charge in [-0.25, -0.2) is 13.1 Å². The van der Waals surface area contributed by atoms with Crippen LogP contribution in [0.3, 0.4) is 0 Å². The minimum absolute atomic E-state index is 0.0750. The monoisotopic (exact) mass is 281 g/mol. The second-order valence-corrected chi connectivity index (χ2v) is 7.17. The zero-order chi connectivity index (χ0) is 12.4. The van der Waals surface area contributed by atoms with Crippen LogP contribution in [0.5, 0.6) is 0 Å². The number of halogens is 1. The molecule has 1 heterocycles. The molecule has 0 aromatic carbocycles. The summed E-state index contributed by atoms with van der Waals surface area (Å²) in [6.07, 6.45) is 5.46. The van der Waals surface area contributed by atoms with Crippen LogP contribution >= 0.6 is 11.6 Å². The van der Waals surface area contributed by atoms with Crippen molar-refractivity contribution in [3.8, 4) is 0 Å². The van der Waals surface area contributed by atoms with E-state index in [0.29, 0.717) is 12.5 Å². The molecular formula is C11H20ClNO3S. The number of rotatable bonds is 5. The van der Waals surface area contributed by atoms with Crippen molar-refractivity contribution in [3.63, 3.8) is 0 Å². The largest absolute Gasteiger partial charge is 0.377 e. The van der Waals surface area contributed by atoms with Crippen LogP contribution in [-0.2, 0) is 14.8 Å². The van der Waals surface area contributed by atoms with Crippen molar-refractivity contribution >= 4 is 21.6 Å². The Morgan fingerprint density at radius 2 is 2.00 bits per heavy atom. The van der Waals surface area contributed by atoms with Crippen molar-refractivity contribution in [2.75, 3.05) is 18.2 Å². The quantitative estimate of drug-likeness (QED) is 0.780. The molecule has 100 valence electrons. The first-order chi connectivity index (χ1) is 8.05. The first kappa shape index (κ1) is 13.6. The van der Waals surface area contributed by atoms with E-state index in [-0.39, 0.29) is 11.9 Å². The first-order valence-electron chi connectivity index (χ1n) is 6.24. The molecule has 1 saturated heterocycles. The molecule has 1 atom stereocenters. The van der Waals surface area contributed by atoms with E-state index in [1.807, 2.05) is 0 Å². The molecule has 0 aromatic rings. The van der Waals surface area contributed by atoms with E-state index in [4.69, 9.17) is 16.3 Å². The summed E-state index contributed by atoms with van der Waals surface area (Å²) in [6.45, 7) is 0.681. The van der Waals surface area contributed by atoms with Crippen LogP contribution in [0.2, 0.25) is 0 Å². The van der Waals surface area contributed by atoms with Crippen molar-refractivity contribution in [2.45, 2.75) is 50.2 Å². The molecule has 1 aliphatic carbocycles. The Bertz CT molecular complexity index is 346. The molecule has 0 bridgehead atoms. The van der Waals surface area contributed by atoms with Crippen molar-refractivity contribution in [1.82, 2.24) is 4.72 Å². The van der Waals surface area contributed by atoms with Crippen LogP contribution in [0.4, 0.5) is 0 Å². The normalized spacial score (nSPS) is 28.6. The summed E-state index contributed by atoms with van der Waals surface area (Å²) < 4.78 is 32.3. The predicted molar refractivity (Wildman–Crippen MR) is 67.8 cm³/mol. The summed E-state index contributed by atoms with van der Waals surface area (Å²) in [5.74, 6) is 0.434. The van der Waals surface area contributed by atoms with Crippen LogP contribution in [0.25, 0.3) is 0 Å². The van der Waals surface area contributed by atoms with Gasteiger partial charge in [0.2, 0.25) is 10.0 Å². The molecule has 4 nitrogen and oxygen atoms in total. The van der Waals surface area contributed by atoms with Crippen molar-refractivity contribution in [1.29, 1.82) is 0 Å². The van der Waals surface area contributed by atoms with E-state index in [0.717, 1.165) is 38.5 Å². The summed E-state index contributed by atoms with van der Waals surface area (Å²) in [5.41, 5.74) is -0.404. The maximum absolute atomic E-state index is 12.1. The van der Waals surface area contributed by atoms with Gasteiger partial charge in [-0.15, -0.1) is 11.6 Å². The fraction of sp³-hybridized carbons (Fsp3) is 1.00. The van der Waals surface area contributed by atoms with E-state index in [1.165, 1.54) is 0 Å². The minimum Gasteiger partial charge on any atom is -0.377 e. The molecule has 1 saturated carbocycles. The van der Waals surface area contributed by atoms with Crippen LogP contribution < -0.4 is 4.72 Å². The first-order valence-corrected chi connectivity index (χ1v) is 8.43. The van der Waals surface area contributed by atoms with Gasteiger partial charge in [0.15, 0.2) is 0 Å². The van der Waals surface area contributed by atoms with Crippen LogP contribution in [0.15, 0.2) is 0 Å². The Hall–Kier alpha value is 0.160. The molecule has 6 heteroatoms. The fourth-order valence-corrected chi connectivity index (χ4v) is 4.89. The SMILES string of the molecule is O=S(=O)(CC1CCCO1)NC1(CCl)CCCC1. The molecule has 1 N–H and O–H groups in total. The van der Waals surface area contributed by atoms with Gasteiger partial charge in [0, 0.05) is 18.0 Å². The molecule has 1 aliphatic heterocycles.